The highest BCUT2D eigenvalue weighted by atomic mass is 19.4. The summed E-state index contributed by atoms with van der Waals surface area (Å²) in [5, 5.41) is 11.4. The number of nitro benzene ring substituents is 1. The first-order chi connectivity index (χ1) is 11.7. The Hall–Kier alpha value is -2.32. The van der Waals surface area contributed by atoms with Gasteiger partial charge in [0, 0.05) is 12.1 Å². The van der Waals surface area contributed by atoms with Gasteiger partial charge in [-0.3, -0.25) is 14.9 Å². The Labute approximate surface area is 141 Å². The Kier molecular flexibility index (Phi) is 4.34. The lowest BCUT2D eigenvalue weighted by Crippen LogP contribution is -2.45. The van der Waals surface area contributed by atoms with Crippen LogP contribution in [0.4, 0.5) is 24.5 Å². The highest BCUT2D eigenvalue weighted by molar-refractivity contribution is 5.86. The molecule has 3 atom stereocenters. The third-order valence-corrected chi connectivity index (χ3v) is 5.19. The Morgan fingerprint density at radius 3 is 2.56 bits per heavy atom. The summed E-state index contributed by atoms with van der Waals surface area (Å²) in [5.41, 5.74) is 3.78. The van der Waals surface area contributed by atoms with Gasteiger partial charge in [0.05, 0.1) is 10.5 Å². The molecule has 2 aliphatic rings. The van der Waals surface area contributed by atoms with E-state index < -0.39 is 34.3 Å². The molecule has 1 heterocycles. The molecule has 6 nitrogen and oxygen atoms in total. The molecular formula is C16H18F3N3O3. The largest absolute Gasteiger partial charge is 0.416 e. The minimum absolute atomic E-state index is 0.0381. The number of carbonyl (C=O) groups excluding carboxylic acids is 1. The summed E-state index contributed by atoms with van der Waals surface area (Å²) in [7, 11) is 0. The van der Waals surface area contributed by atoms with Crippen LogP contribution in [0.15, 0.2) is 18.2 Å². The fourth-order valence-electron chi connectivity index (χ4n) is 4.12. The summed E-state index contributed by atoms with van der Waals surface area (Å²) >= 11 is 0. The number of carbonyl (C=O) groups is 1. The van der Waals surface area contributed by atoms with Gasteiger partial charge in [0.2, 0.25) is 5.91 Å². The lowest BCUT2D eigenvalue weighted by molar-refractivity contribution is -0.384. The number of nitrogens with two attached hydrogens (primary N) is 1. The average molecular weight is 357 g/mol. The molecule has 0 radical (unpaired) electrons. The van der Waals surface area contributed by atoms with Gasteiger partial charge < -0.3 is 10.6 Å². The zero-order valence-electron chi connectivity index (χ0n) is 13.3. The monoisotopic (exact) mass is 357 g/mol. The van der Waals surface area contributed by atoms with E-state index in [4.69, 9.17) is 5.73 Å². The van der Waals surface area contributed by atoms with Gasteiger partial charge in [0.1, 0.15) is 11.7 Å². The summed E-state index contributed by atoms with van der Waals surface area (Å²) in [6, 6.07) is 1.60. The van der Waals surface area contributed by atoms with Crippen LogP contribution in [0.2, 0.25) is 0 Å². The second-order valence-electron chi connectivity index (χ2n) is 6.63. The smallest absolute Gasteiger partial charge is 0.368 e. The maximum atomic E-state index is 12.9. The van der Waals surface area contributed by atoms with Crippen molar-refractivity contribution in [1.82, 2.24) is 0 Å². The second-order valence-corrected chi connectivity index (χ2v) is 6.63. The minimum atomic E-state index is -4.68. The van der Waals surface area contributed by atoms with Crippen LogP contribution >= 0.6 is 0 Å². The Bertz CT molecular complexity index is 708. The fraction of sp³-hybridized carbons (Fsp3) is 0.562. The molecule has 1 saturated heterocycles. The van der Waals surface area contributed by atoms with Crippen molar-refractivity contribution in [3.63, 3.8) is 0 Å². The quantitative estimate of drug-likeness (QED) is 0.664. The van der Waals surface area contributed by atoms with E-state index in [2.05, 4.69) is 0 Å². The molecule has 1 aromatic rings. The average Bonchev–Trinajstić information content (AvgIpc) is 2.93. The predicted octanol–water partition coefficient (Wildman–Crippen LogP) is 3.24. The van der Waals surface area contributed by atoms with E-state index in [0.29, 0.717) is 12.5 Å². The molecule has 1 aromatic carbocycles. The Balaban J connectivity index is 2.09. The van der Waals surface area contributed by atoms with Crippen LogP contribution in [-0.2, 0) is 11.0 Å². The maximum Gasteiger partial charge on any atom is 0.416 e. The number of rotatable bonds is 3. The number of hydrogen-bond acceptors (Lipinski definition) is 4. The minimum Gasteiger partial charge on any atom is -0.368 e. The van der Waals surface area contributed by atoms with E-state index in [-0.39, 0.29) is 17.6 Å². The third kappa shape index (κ3) is 3.14. The molecule has 0 aromatic heterocycles. The van der Waals surface area contributed by atoms with E-state index in [1.807, 2.05) is 0 Å². The van der Waals surface area contributed by atoms with E-state index >= 15 is 0 Å². The number of anilines is 1. The molecule has 3 rings (SSSR count). The summed E-state index contributed by atoms with van der Waals surface area (Å²) in [6.45, 7) is 0. The number of nitrogens with zero attached hydrogens (tertiary/aromatic N) is 2. The van der Waals surface area contributed by atoms with Crippen molar-refractivity contribution in [1.29, 1.82) is 0 Å². The van der Waals surface area contributed by atoms with Crippen molar-refractivity contribution in [2.24, 2.45) is 11.7 Å². The van der Waals surface area contributed by atoms with Crippen LogP contribution in [0, 0.1) is 16.0 Å². The molecule has 1 aliphatic heterocycles. The number of amides is 1. The molecule has 2 N–H and O–H groups in total. The molecule has 0 spiro atoms. The lowest BCUT2D eigenvalue weighted by Gasteiger charge is -2.34. The van der Waals surface area contributed by atoms with E-state index in [1.54, 1.807) is 4.90 Å². The normalized spacial score (nSPS) is 26.4. The molecule has 25 heavy (non-hydrogen) atoms. The van der Waals surface area contributed by atoms with Crippen molar-refractivity contribution in [3.8, 4) is 0 Å². The van der Waals surface area contributed by atoms with Crippen molar-refractivity contribution < 1.29 is 22.9 Å². The molecule has 3 unspecified atom stereocenters. The molecular weight excluding hydrogens is 339 g/mol. The summed E-state index contributed by atoms with van der Waals surface area (Å²) < 4.78 is 38.7. The highest BCUT2D eigenvalue weighted by Crippen LogP contribution is 2.46. The van der Waals surface area contributed by atoms with Crippen LogP contribution in [0.5, 0.6) is 0 Å². The molecule has 9 heteroatoms. The molecule has 2 fully saturated rings. The number of halogens is 3. The maximum absolute atomic E-state index is 12.9. The van der Waals surface area contributed by atoms with Gasteiger partial charge in [-0.2, -0.15) is 13.2 Å². The van der Waals surface area contributed by atoms with Crippen molar-refractivity contribution in [3.05, 3.63) is 33.9 Å². The van der Waals surface area contributed by atoms with Crippen molar-refractivity contribution in [2.75, 3.05) is 4.90 Å². The van der Waals surface area contributed by atoms with Crippen LogP contribution in [-0.4, -0.2) is 22.9 Å². The molecule has 1 aliphatic carbocycles. The van der Waals surface area contributed by atoms with Crippen molar-refractivity contribution in [2.45, 2.75) is 50.4 Å². The first-order valence-corrected chi connectivity index (χ1v) is 8.13. The Morgan fingerprint density at radius 1 is 1.28 bits per heavy atom. The van der Waals surface area contributed by atoms with Crippen molar-refractivity contribution >= 4 is 17.3 Å². The zero-order chi connectivity index (χ0) is 18.4. The molecule has 1 saturated carbocycles. The number of hydrogen-bond donors (Lipinski definition) is 1. The zero-order valence-corrected chi connectivity index (χ0v) is 13.3. The second kappa shape index (κ2) is 6.20. The summed E-state index contributed by atoms with van der Waals surface area (Å²) in [4.78, 5) is 24.0. The molecule has 1 amide bonds. The Morgan fingerprint density at radius 2 is 1.96 bits per heavy atom. The number of alkyl halides is 3. The van der Waals surface area contributed by atoms with Gasteiger partial charge >= 0.3 is 6.18 Å². The van der Waals surface area contributed by atoms with Gasteiger partial charge in [-0.05, 0) is 37.3 Å². The number of benzene rings is 1. The third-order valence-electron chi connectivity index (χ3n) is 5.19. The van der Waals surface area contributed by atoms with Gasteiger partial charge in [0.25, 0.3) is 5.69 Å². The highest BCUT2D eigenvalue weighted by Gasteiger charge is 2.46. The predicted molar refractivity (Wildman–Crippen MR) is 83.9 cm³/mol. The van der Waals surface area contributed by atoms with Crippen LogP contribution in [0.1, 0.15) is 37.7 Å². The SMILES string of the molecule is NC(=O)C1CC2CCCCC2N1c1ccc(C(F)(F)F)cc1[N+](=O)[O-]. The van der Waals surface area contributed by atoms with Gasteiger partial charge in [0.15, 0.2) is 0 Å². The molecule has 136 valence electrons. The van der Waals surface area contributed by atoms with Crippen LogP contribution in [0.3, 0.4) is 0 Å². The topological polar surface area (TPSA) is 89.5 Å². The molecule has 0 bridgehead atoms. The first kappa shape index (κ1) is 17.5. The first-order valence-electron chi connectivity index (χ1n) is 8.13. The van der Waals surface area contributed by atoms with E-state index in [0.717, 1.165) is 37.8 Å². The number of primary amides is 1. The number of fused-ring (bicyclic) bond motifs is 1. The summed E-state index contributed by atoms with van der Waals surface area (Å²) in [5.74, 6) is -0.434. The van der Waals surface area contributed by atoms with E-state index in [1.165, 1.54) is 0 Å². The van der Waals surface area contributed by atoms with E-state index in [9.17, 15) is 28.1 Å². The van der Waals surface area contributed by atoms with Gasteiger partial charge in [-0.1, -0.05) is 12.8 Å². The lowest BCUT2D eigenvalue weighted by atomic mass is 9.84. The standard InChI is InChI=1S/C16H18F3N3O3/c17-16(18,19)10-5-6-12(13(8-10)22(24)25)21-11-4-2-1-3-9(11)7-14(21)15(20)23/h5-6,8-9,11,14H,1-4,7H2,(H2,20,23). The van der Waals surface area contributed by atoms with Gasteiger partial charge in [-0.25, -0.2) is 0 Å². The fourth-order valence-corrected chi connectivity index (χ4v) is 4.12. The van der Waals surface area contributed by atoms with Crippen LogP contribution < -0.4 is 10.6 Å². The van der Waals surface area contributed by atoms with Crippen LogP contribution in [0.25, 0.3) is 0 Å². The van der Waals surface area contributed by atoms with Gasteiger partial charge in [-0.15, -0.1) is 0 Å². The summed E-state index contributed by atoms with van der Waals surface area (Å²) in [6.07, 6.45) is -0.637. The number of nitro groups is 1.